The topological polar surface area (TPSA) is 57.5 Å². The van der Waals surface area contributed by atoms with E-state index in [0.29, 0.717) is 6.92 Å². The normalized spacial score (nSPS) is 24.7. The van der Waals surface area contributed by atoms with Crippen LogP contribution < -0.4 is 0 Å². The van der Waals surface area contributed by atoms with E-state index in [0.717, 1.165) is 6.08 Å². The summed E-state index contributed by atoms with van der Waals surface area (Å²) < 4.78 is 37.8. The lowest BCUT2D eigenvalue weighted by molar-refractivity contribution is -0.236. The Kier molecular flexibility index (Phi) is 3.38. The molecule has 2 atom stereocenters. The average molecular weight is 250 g/mol. The van der Waals surface area contributed by atoms with Crippen LogP contribution in [-0.2, 0) is 4.79 Å². The molecule has 0 radical (unpaired) electrons. The van der Waals surface area contributed by atoms with E-state index in [9.17, 15) is 23.1 Å². The van der Waals surface area contributed by atoms with Gasteiger partial charge in [0.2, 0.25) is 0 Å². The summed E-state index contributed by atoms with van der Waals surface area (Å²) in [4.78, 5) is 10.7. The van der Waals surface area contributed by atoms with Crippen molar-refractivity contribution in [1.82, 2.24) is 0 Å². The minimum absolute atomic E-state index is 0.0474. The predicted octanol–water partition coefficient (Wildman–Crippen LogP) is 2.28. The molecule has 1 aliphatic carbocycles. The second-order valence-electron chi connectivity index (χ2n) is 4.22. The van der Waals surface area contributed by atoms with Gasteiger partial charge in [-0.1, -0.05) is 12.2 Å². The maximum atomic E-state index is 12.6. The summed E-state index contributed by atoms with van der Waals surface area (Å²) in [5, 5.41) is 18.2. The van der Waals surface area contributed by atoms with E-state index in [-0.39, 0.29) is 17.6 Å². The fourth-order valence-electron chi connectivity index (χ4n) is 1.77. The number of aliphatic carboxylic acids is 1. The van der Waals surface area contributed by atoms with Gasteiger partial charge < -0.3 is 10.2 Å². The van der Waals surface area contributed by atoms with Gasteiger partial charge in [0, 0.05) is 0 Å². The first-order valence-corrected chi connectivity index (χ1v) is 4.98. The van der Waals surface area contributed by atoms with E-state index in [1.165, 1.54) is 13.0 Å². The summed E-state index contributed by atoms with van der Waals surface area (Å²) in [5.74, 6) is -1.92. The monoisotopic (exact) mass is 250 g/mol. The van der Waals surface area contributed by atoms with Crippen molar-refractivity contribution in [1.29, 1.82) is 0 Å². The molecule has 0 saturated carbocycles. The van der Waals surface area contributed by atoms with Gasteiger partial charge >= 0.3 is 12.1 Å². The van der Waals surface area contributed by atoms with Crippen LogP contribution in [0.2, 0.25) is 0 Å². The molecule has 6 heteroatoms. The van der Waals surface area contributed by atoms with E-state index in [2.05, 4.69) is 0 Å². The number of hydrogen-bond acceptors (Lipinski definition) is 2. The Bertz CT molecular complexity index is 391. The highest BCUT2D eigenvalue weighted by Crippen LogP contribution is 2.41. The number of halogens is 3. The van der Waals surface area contributed by atoms with Gasteiger partial charge in [0.25, 0.3) is 0 Å². The summed E-state index contributed by atoms with van der Waals surface area (Å²) in [6.45, 7) is 2.03. The highest BCUT2D eigenvalue weighted by Gasteiger charge is 2.53. The van der Waals surface area contributed by atoms with Gasteiger partial charge in [-0.05, 0) is 31.4 Å². The predicted molar refractivity (Wildman–Crippen MR) is 54.3 cm³/mol. The van der Waals surface area contributed by atoms with Crippen molar-refractivity contribution in [3.05, 3.63) is 23.3 Å². The minimum atomic E-state index is -4.79. The molecule has 0 amide bonds. The van der Waals surface area contributed by atoms with Crippen molar-refractivity contribution in [2.45, 2.75) is 32.0 Å². The molecule has 1 rings (SSSR count). The third-order valence-electron chi connectivity index (χ3n) is 2.85. The van der Waals surface area contributed by atoms with E-state index in [1.807, 2.05) is 0 Å². The summed E-state index contributed by atoms with van der Waals surface area (Å²) in [6.07, 6.45) is -2.46. The van der Waals surface area contributed by atoms with Crippen LogP contribution in [0.5, 0.6) is 0 Å². The van der Waals surface area contributed by atoms with Crippen LogP contribution in [0.4, 0.5) is 13.2 Å². The first-order chi connectivity index (χ1) is 7.57. The maximum absolute atomic E-state index is 12.6. The van der Waals surface area contributed by atoms with Gasteiger partial charge in [-0.15, -0.1) is 0 Å². The molecular weight excluding hydrogens is 237 g/mol. The number of hydrogen-bond donors (Lipinski definition) is 2. The molecular formula is C11H13F3O3. The number of carbonyl (C=O) groups is 1. The van der Waals surface area contributed by atoms with Crippen LogP contribution >= 0.6 is 0 Å². The Hall–Kier alpha value is -1.30. The van der Waals surface area contributed by atoms with E-state index in [1.54, 1.807) is 0 Å². The lowest BCUT2D eigenvalue weighted by atomic mass is 9.82. The Balaban J connectivity index is 3.05. The Morgan fingerprint density at radius 2 is 2.00 bits per heavy atom. The van der Waals surface area contributed by atoms with Crippen molar-refractivity contribution in [2.24, 2.45) is 5.92 Å². The average Bonchev–Trinajstić information content (AvgIpc) is 2.15. The minimum Gasteiger partial charge on any atom is -0.481 e. The number of rotatable bonds is 2. The van der Waals surface area contributed by atoms with Gasteiger partial charge in [-0.2, -0.15) is 13.2 Å². The van der Waals surface area contributed by atoms with Crippen LogP contribution in [0.3, 0.4) is 0 Å². The van der Waals surface area contributed by atoms with Crippen molar-refractivity contribution >= 4 is 5.97 Å². The van der Waals surface area contributed by atoms with E-state index in [4.69, 9.17) is 5.11 Å². The number of alkyl halides is 3. The van der Waals surface area contributed by atoms with Gasteiger partial charge in [0.1, 0.15) is 0 Å². The SMILES string of the molecule is CC1=CC(C(=O)O)CC=C1C(C)(O)C(F)(F)F. The van der Waals surface area contributed by atoms with Crippen LogP contribution in [0.25, 0.3) is 0 Å². The summed E-state index contributed by atoms with van der Waals surface area (Å²) in [7, 11) is 0. The first-order valence-electron chi connectivity index (χ1n) is 4.98. The van der Waals surface area contributed by atoms with Crippen molar-refractivity contribution in [3.63, 3.8) is 0 Å². The van der Waals surface area contributed by atoms with Crippen LogP contribution in [0, 0.1) is 5.92 Å². The molecule has 0 aromatic carbocycles. The summed E-state index contributed by atoms with van der Waals surface area (Å²) in [5.41, 5.74) is -3.08. The lowest BCUT2D eigenvalue weighted by Crippen LogP contribution is -2.44. The number of carboxylic acid groups (broad SMARTS) is 1. The van der Waals surface area contributed by atoms with Crippen molar-refractivity contribution in [3.8, 4) is 0 Å². The summed E-state index contributed by atoms with van der Waals surface area (Å²) >= 11 is 0. The van der Waals surface area contributed by atoms with Crippen LogP contribution in [-0.4, -0.2) is 28.0 Å². The third kappa shape index (κ3) is 2.52. The maximum Gasteiger partial charge on any atom is 0.421 e. The van der Waals surface area contributed by atoms with Gasteiger partial charge in [-0.25, -0.2) is 0 Å². The molecule has 0 heterocycles. The molecule has 2 unspecified atom stereocenters. The van der Waals surface area contributed by atoms with E-state index < -0.39 is 23.7 Å². The quantitative estimate of drug-likeness (QED) is 0.790. The van der Waals surface area contributed by atoms with Crippen molar-refractivity contribution in [2.75, 3.05) is 0 Å². The Labute approximate surface area is 96.3 Å². The molecule has 17 heavy (non-hydrogen) atoms. The zero-order valence-corrected chi connectivity index (χ0v) is 9.38. The largest absolute Gasteiger partial charge is 0.481 e. The van der Waals surface area contributed by atoms with Crippen LogP contribution in [0.1, 0.15) is 20.3 Å². The van der Waals surface area contributed by atoms with Gasteiger partial charge in [-0.3, -0.25) is 4.79 Å². The smallest absolute Gasteiger partial charge is 0.421 e. The molecule has 0 spiro atoms. The molecule has 0 aromatic heterocycles. The number of allylic oxidation sites excluding steroid dienone is 1. The molecule has 1 aliphatic rings. The molecule has 0 aliphatic heterocycles. The van der Waals surface area contributed by atoms with Crippen LogP contribution in [0.15, 0.2) is 23.3 Å². The Morgan fingerprint density at radius 3 is 2.35 bits per heavy atom. The molecule has 3 nitrogen and oxygen atoms in total. The summed E-state index contributed by atoms with van der Waals surface area (Å²) in [6, 6.07) is 0. The molecule has 0 fully saturated rings. The number of aliphatic hydroxyl groups is 1. The highest BCUT2D eigenvalue weighted by atomic mass is 19.4. The molecule has 0 bridgehead atoms. The second-order valence-corrected chi connectivity index (χ2v) is 4.22. The second kappa shape index (κ2) is 4.18. The molecule has 96 valence electrons. The van der Waals surface area contributed by atoms with Gasteiger partial charge in [0.15, 0.2) is 5.60 Å². The zero-order chi connectivity index (χ0) is 13.4. The standard InChI is InChI=1S/C11H13F3O3/c1-6-5-7(9(15)16)3-4-8(6)10(2,17)11(12,13)14/h4-5,7,17H,3H2,1-2H3,(H,15,16). The Morgan fingerprint density at radius 1 is 1.47 bits per heavy atom. The zero-order valence-electron chi connectivity index (χ0n) is 9.38. The lowest BCUT2D eigenvalue weighted by Gasteiger charge is -2.32. The number of carboxylic acids is 1. The van der Waals surface area contributed by atoms with Crippen molar-refractivity contribution < 1.29 is 28.2 Å². The fourth-order valence-corrected chi connectivity index (χ4v) is 1.77. The fraction of sp³-hybridized carbons (Fsp3) is 0.545. The third-order valence-corrected chi connectivity index (χ3v) is 2.85. The van der Waals surface area contributed by atoms with Gasteiger partial charge in [0.05, 0.1) is 5.92 Å². The first kappa shape index (κ1) is 13.8. The molecule has 0 saturated heterocycles. The molecule has 2 N–H and O–H groups in total. The highest BCUT2D eigenvalue weighted by molar-refractivity contribution is 5.73. The molecule has 0 aromatic rings. The van der Waals surface area contributed by atoms with E-state index >= 15 is 0 Å².